The number of benzene rings is 1. The molecule has 2 heterocycles. The minimum absolute atomic E-state index is 0.275. The number of nitrogens with zero attached hydrogens (tertiary/aromatic N) is 2. The van der Waals surface area contributed by atoms with E-state index in [1.54, 1.807) is 23.1 Å². The zero-order valence-electron chi connectivity index (χ0n) is 10.8. The Morgan fingerprint density at radius 3 is 2.95 bits per heavy atom. The molecule has 3 rings (SSSR count). The third-order valence-electron chi connectivity index (χ3n) is 2.92. The number of aromatic nitrogens is 2. The highest BCUT2D eigenvalue weighted by Crippen LogP contribution is 2.28. The van der Waals surface area contributed by atoms with Crippen LogP contribution in [0.4, 0.5) is 5.82 Å². The lowest BCUT2D eigenvalue weighted by Crippen LogP contribution is -2.03. The molecule has 0 amide bonds. The van der Waals surface area contributed by atoms with Crippen molar-refractivity contribution >= 4 is 50.7 Å². The molecule has 0 fully saturated rings. The Hall–Kier alpha value is -1.30. The summed E-state index contributed by atoms with van der Waals surface area (Å²) in [5.41, 5.74) is 2.13. The number of halogens is 1. The van der Waals surface area contributed by atoms with Crippen molar-refractivity contribution in [1.29, 1.82) is 0 Å². The largest absolute Gasteiger partial charge is 0.365 e. The number of rotatable bonds is 4. The number of hydrogen-bond donors (Lipinski definition) is 1. The first-order chi connectivity index (χ1) is 9.78. The van der Waals surface area contributed by atoms with Gasteiger partial charge in [0.25, 0.3) is 0 Å². The minimum atomic E-state index is 0.275. The molecule has 0 aliphatic rings. The van der Waals surface area contributed by atoms with E-state index in [-0.39, 0.29) is 5.28 Å². The van der Waals surface area contributed by atoms with Gasteiger partial charge in [-0.1, -0.05) is 18.2 Å². The van der Waals surface area contributed by atoms with Gasteiger partial charge >= 0.3 is 0 Å². The van der Waals surface area contributed by atoms with Crippen LogP contribution in [0.15, 0.2) is 40.6 Å². The molecule has 20 heavy (non-hydrogen) atoms. The average molecular weight is 322 g/mol. The Kier molecular flexibility index (Phi) is 4.10. The van der Waals surface area contributed by atoms with Crippen molar-refractivity contribution < 1.29 is 0 Å². The molecule has 2 aromatic heterocycles. The van der Waals surface area contributed by atoms with E-state index in [2.05, 4.69) is 33.7 Å². The predicted octanol–water partition coefficient (Wildman–Crippen LogP) is 4.68. The Morgan fingerprint density at radius 1 is 1.25 bits per heavy atom. The van der Waals surface area contributed by atoms with E-state index in [0.29, 0.717) is 0 Å². The molecule has 0 spiro atoms. The number of thioether (sulfide) groups is 1. The van der Waals surface area contributed by atoms with Gasteiger partial charge < -0.3 is 5.32 Å². The molecule has 0 aliphatic heterocycles. The molecular weight excluding hydrogens is 310 g/mol. The van der Waals surface area contributed by atoms with Gasteiger partial charge in [-0.05, 0) is 40.9 Å². The van der Waals surface area contributed by atoms with Crippen molar-refractivity contribution in [2.75, 3.05) is 11.6 Å². The predicted molar refractivity (Wildman–Crippen MR) is 88.0 cm³/mol. The molecule has 0 saturated heterocycles. The van der Waals surface area contributed by atoms with Crippen LogP contribution in [-0.2, 0) is 6.54 Å². The van der Waals surface area contributed by atoms with E-state index >= 15 is 0 Å². The van der Waals surface area contributed by atoms with E-state index in [1.165, 1.54) is 10.5 Å². The molecule has 0 radical (unpaired) electrons. The summed E-state index contributed by atoms with van der Waals surface area (Å²) in [7, 11) is 0. The van der Waals surface area contributed by atoms with Gasteiger partial charge in [-0.15, -0.1) is 23.1 Å². The van der Waals surface area contributed by atoms with Crippen LogP contribution < -0.4 is 5.32 Å². The number of nitrogens with one attached hydrogen (secondary N) is 1. The second-order valence-corrected chi connectivity index (χ2v) is 6.24. The van der Waals surface area contributed by atoms with Crippen molar-refractivity contribution in [2.24, 2.45) is 0 Å². The first kappa shape index (κ1) is 13.7. The number of thiophene rings is 1. The fraction of sp³-hybridized carbons (Fsp3) is 0.143. The Bertz CT molecular complexity index is 742. The van der Waals surface area contributed by atoms with Crippen LogP contribution in [0, 0.1) is 0 Å². The van der Waals surface area contributed by atoms with Gasteiger partial charge in [-0.3, -0.25) is 0 Å². The Labute approximate surface area is 130 Å². The van der Waals surface area contributed by atoms with Gasteiger partial charge in [0.05, 0.1) is 10.2 Å². The van der Waals surface area contributed by atoms with E-state index in [4.69, 9.17) is 11.6 Å². The summed E-state index contributed by atoms with van der Waals surface area (Å²) < 4.78 is 1.04. The summed E-state index contributed by atoms with van der Waals surface area (Å²) in [5, 5.41) is 5.64. The van der Waals surface area contributed by atoms with Gasteiger partial charge in [0.15, 0.2) is 0 Å². The SMILES string of the molecule is CSc1ccccc1CNc1nc(Cl)nc2ccsc12. The summed E-state index contributed by atoms with van der Waals surface area (Å²) in [5.74, 6) is 0.797. The third kappa shape index (κ3) is 2.75. The van der Waals surface area contributed by atoms with Gasteiger partial charge in [-0.25, -0.2) is 4.98 Å². The highest BCUT2D eigenvalue weighted by Gasteiger charge is 2.08. The second kappa shape index (κ2) is 5.99. The lowest BCUT2D eigenvalue weighted by Gasteiger charge is -2.10. The molecule has 1 N–H and O–H groups in total. The van der Waals surface area contributed by atoms with Crippen LogP contribution in [0.3, 0.4) is 0 Å². The van der Waals surface area contributed by atoms with Crippen LogP contribution in [-0.4, -0.2) is 16.2 Å². The molecule has 3 aromatic rings. The zero-order chi connectivity index (χ0) is 13.9. The summed E-state index contributed by atoms with van der Waals surface area (Å²) >= 11 is 9.32. The minimum Gasteiger partial charge on any atom is -0.365 e. The second-order valence-electron chi connectivity index (χ2n) is 4.14. The van der Waals surface area contributed by atoms with Crippen molar-refractivity contribution in [3.63, 3.8) is 0 Å². The van der Waals surface area contributed by atoms with E-state index in [1.807, 2.05) is 23.6 Å². The molecule has 6 heteroatoms. The lowest BCUT2D eigenvalue weighted by molar-refractivity contribution is 1.07. The maximum Gasteiger partial charge on any atom is 0.224 e. The van der Waals surface area contributed by atoms with Gasteiger partial charge in [0.1, 0.15) is 5.82 Å². The lowest BCUT2D eigenvalue weighted by atomic mass is 10.2. The van der Waals surface area contributed by atoms with Gasteiger partial charge in [0, 0.05) is 11.4 Å². The van der Waals surface area contributed by atoms with Crippen LogP contribution in [0.5, 0.6) is 0 Å². The zero-order valence-corrected chi connectivity index (χ0v) is 13.1. The van der Waals surface area contributed by atoms with Crippen molar-refractivity contribution in [3.05, 3.63) is 46.6 Å². The maximum atomic E-state index is 5.96. The summed E-state index contributed by atoms with van der Waals surface area (Å²) in [6.07, 6.45) is 2.08. The number of anilines is 1. The number of fused-ring (bicyclic) bond motifs is 1. The van der Waals surface area contributed by atoms with Crippen molar-refractivity contribution in [3.8, 4) is 0 Å². The molecule has 0 atom stereocenters. The standard InChI is InChI=1S/C14H12ClN3S2/c1-19-11-5-3-2-4-9(11)8-16-13-12-10(6-7-20-12)17-14(15)18-13/h2-7H,8H2,1H3,(H,16,17,18). The third-order valence-corrected chi connectivity index (χ3v) is 4.83. The van der Waals surface area contributed by atoms with E-state index in [0.717, 1.165) is 22.6 Å². The first-order valence-corrected chi connectivity index (χ1v) is 8.52. The summed E-state index contributed by atoms with van der Waals surface area (Å²) in [4.78, 5) is 9.76. The average Bonchev–Trinajstić information content (AvgIpc) is 2.93. The number of hydrogen-bond acceptors (Lipinski definition) is 5. The van der Waals surface area contributed by atoms with E-state index in [9.17, 15) is 0 Å². The fourth-order valence-corrected chi connectivity index (χ4v) is 3.57. The van der Waals surface area contributed by atoms with Crippen LogP contribution in [0.25, 0.3) is 10.2 Å². The van der Waals surface area contributed by atoms with E-state index < -0.39 is 0 Å². The first-order valence-electron chi connectivity index (χ1n) is 6.04. The van der Waals surface area contributed by atoms with Gasteiger partial charge in [0.2, 0.25) is 5.28 Å². The molecule has 0 unspecified atom stereocenters. The molecule has 0 bridgehead atoms. The highest BCUT2D eigenvalue weighted by atomic mass is 35.5. The maximum absolute atomic E-state index is 5.96. The summed E-state index contributed by atoms with van der Waals surface area (Å²) in [6.45, 7) is 0.720. The van der Waals surface area contributed by atoms with Crippen LogP contribution in [0.1, 0.15) is 5.56 Å². The quantitative estimate of drug-likeness (QED) is 0.559. The molecule has 1 aromatic carbocycles. The molecule has 102 valence electrons. The Balaban J connectivity index is 1.88. The van der Waals surface area contributed by atoms with Crippen molar-refractivity contribution in [2.45, 2.75) is 11.4 Å². The molecule has 3 nitrogen and oxygen atoms in total. The van der Waals surface area contributed by atoms with Gasteiger partial charge in [-0.2, -0.15) is 4.98 Å². The monoisotopic (exact) mass is 321 g/mol. The van der Waals surface area contributed by atoms with Crippen LogP contribution in [0.2, 0.25) is 5.28 Å². The highest BCUT2D eigenvalue weighted by molar-refractivity contribution is 7.98. The normalized spacial score (nSPS) is 10.9. The molecule has 0 aliphatic carbocycles. The summed E-state index contributed by atoms with van der Waals surface area (Å²) in [6, 6.07) is 10.3. The Morgan fingerprint density at radius 2 is 2.10 bits per heavy atom. The van der Waals surface area contributed by atoms with Crippen molar-refractivity contribution in [1.82, 2.24) is 9.97 Å². The smallest absolute Gasteiger partial charge is 0.224 e. The molecule has 0 saturated carbocycles. The van der Waals surface area contributed by atoms with Crippen LogP contribution >= 0.6 is 34.7 Å². The fourth-order valence-electron chi connectivity index (χ4n) is 1.98. The molecular formula is C14H12ClN3S2. The topological polar surface area (TPSA) is 37.8 Å².